The number of anilines is 1. The van der Waals surface area contributed by atoms with E-state index in [0.29, 0.717) is 5.82 Å². The fourth-order valence-corrected chi connectivity index (χ4v) is 1.85. The highest BCUT2D eigenvalue weighted by atomic mass is 16.1. The molecule has 0 spiro atoms. The monoisotopic (exact) mass is 251 g/mol. The first-order valence-corrected chi connectivity index (χ1v) is 6.71. The van der Waals surface area contributed by atoms with E-state index in [0.717, 1.165) is 12.8 Å². The van der Waals surface area contributed by atoms with Gasteiger partial charge >= 0.3 is 0 Å². The Morgan fingerprint density at radius 3 is 2.67 bits per heavy atom. The van der Waals surface area contributed by atoms with Crippen molar-refractivity contribution >= 4 is 5.82 Å². The number of rotatable bonds is 5. The van der Waals surface area contributed by atoms with Crippen LogP contribution in [0.4, 0.5) is 5.82 Å². The van der Waals surface area contributed by atoms with Gasteiger partial charge in [0.05, 0.1) is 0 Å². The number of nitrogens with one attached hydrogen (secondary N) is 1. The Hall–Kier alpha value is -1.32. The molecule has 102 valence electrons. The summed E-state index contributed by atoms with van der Waals surface area (Å²) in [6.45, 7) is 10.3. The summed E-state index contributed by atoms with van der Waals surface area (Å²) in [4.78, 5) is 16.4. The third-order valence-corrected chi connectivity index (χ3v) is 2.94. The van der Waals surface area contributed by atoms with Gasteiger partial charge in [0.2, 0.25) is 0 Å². The number of hydrogen-bond acceptors (Lipinski definition) is 3. The summed E-state index contributed by atoms with van der Waals surface area (Å²) >= 11 is 0. The van der Waals surface area contributed by atoms with Crippen LogP contribution in [0.1, 0.15) is 53.9 Å². The number of unbranched alkanes of at least 4 members (excludes halogenated alkanes) is 1. The fourth-order valence-electron chi connectivity index (χ4n) is 1.85. The normalized spacial score (nSPS) is 13.4. The van der Waals surface area contributed by atoms with Crippen LogP contribution in [0.3, 0.4) is 0 Å². The Balaban J connectivity index is 2.88. The highest BCUT2D eigenvalue weighted by Crippen LogP contribution is 2.11. The van der Waals surface area contributed by atoms with Gasteiger partial charge in [-0.25, -0.2) is 4.98 Å². The first kappa shape index (κ1) is 14.7. The van der Waals surface area contributed by atoms with Crippen molar-refractivity contribution in [3.63, 3.8) is 0 Å². The third-order valence-electron chi connectivity index (χ3n) is 2.94. The lowest BCUT2D eigenvalue weighted by Crippen LogP contribution is -2.36. The van der Waals surface area contributed by atoms with Crippen molar-refractivity contribution in [3.8, 4) is 0 Å². The van der Waals surface area contributed by atoms with E-state index in [1.54, 1.807) is 17.0 Å². The zero-order valence-corrected chi connectivity index (χ0v) is 12.2. The van der Waals surface area contributed by atoms with Gasteiger partial charge in [-0.1, -0.05) is 19.8 Å². The molecule has 0 amide bonds. The van der Waals surface area contributed by atoms with Crippen LogP contribution in [0.15, 0.2) is 17.2 Å². The molecule has 0 aromatic carbocycles. The minimum atomic E-state index is -0.219. The molecule has 1 unspecified atom stereocenters. The summed E-state index contributed by atoms with van der Waals surface area (Å²) in [5.41, 5.74) is -0.267. The molecular formula is C14H25N3O. The smallest absolute Gasteiger partial charge is 0.293 e. The van der Waals surface area contributed by atoms with Crippen LogP contribution in [-0.2, 0) is 5.54 Å². The summed E-state index contributed by atoms with van der Waals surface area (Å²) in [5, 5.41) is 3.21. The van der Waals surface area contributed by atoms with E-state index >= 15 is 0 Å². The fraction of sp³-hybridized carbons (Fsp3) is 0.714. The molecule has 0 saturated carbocycles. The summed E-state index contributed by atoms with van der Waals surface area (Å²) < 4.78 is 1.72. The molecule has 0 aliphatic heterocycles. The van der Waals surface area contributed by atoms with Gasteiger partial charge in [-0.3, -0.25) is 4.79 Å². The summed E-state index contributed by atoms with van der Waals surface area (Å²) in [6, 6.07) is 0.279. The van der Waals surface area contributed by atoms with Crippen molar-refractivity contribution in [1.82, 2.24) is 9.55 Å². The first-order chi connectivity index (χ1) is 8.36. The lowest BCUT2D eigenvalue weighted by Gasteiger charge is -2.23. The van der Waals surface area contributed by atoms with Gasteiger partial charge in [0.25, 0.3) is 5.56 Å². The van der Waals surface area contributed by atoms with E-state index < -0.39 is 0 Å². The van der Waals surface area contributed by atoms with E-state index in [1.165, 1.54) is 6.42 Å². The summed E-state index contributed by atoms with van der Waals surface area (Å²) in [6.07, 6.45) is 6.81. The Morgan fingerprint density at radius 2 is 2.11 bits per heavy atom. The largest absolute Gasteiger partial charge is 0.363 e. The Kier molecular flexibility index (Phi) is 4.93. The molecule has 0 bridgehead atoms. The topological polar surface area (TPSA) is 46.9 Å². The van der Waals surface area contributed by atoms with Crippen LogP contribution < -0.4 is 10.9 Å². The highest BCUT2D eigenvalue weighted by molar-refractivity contribution is 5.32. The van der Waals surface area contributed by atoms with Crippen molar-refractivity contribution in [1.29, 1.82) is 0 Å². The predicted molar refractivity (Wildman–Crippen MR) is 76.1 cm³/mol. The molecule has 4 heteroatoms. The third kappa shape index (κ3) is 3.86. The van der Waals surface area contributed by atoms with Crippen molar-refractivity contribution in [3.05, 3.63) is 22.7 Å². The molecule has 18 heavy (non-hydrogen) atoms. The van der Waals surface area contributed by atoms with Crippen LogP contribution in [0.2, 0.25) is 0 Å². The van der Waals surface area contributed by atoms with E-state index in [1.807, 2.05) is 20.8 Å². The predicted octanol–water partition coefficient (Wildman–Crippen LogP) is 2.99. The second-order valence-electron chi connectivity index (χ2n) is 5.81. The zero-order chi connectivity index (χ0) is 13.8. The minimum absolute atomic E-state index is 0.0478. The number of nitrogens with zero attached hydrogens (tertiary/aromatic N) is 2. The molecule has 1 N–H and O–H groups in total. The Labute approximate surface area is 109 Å². The van der Waals surface area contributed by atoms with Gasteiger partial charge in [-0.2, -0.15) is 0 Å². The van der Waals surface area contributed by atoms with Crippen LogP contribution in [-0.4, -0.2) is 15.6 Å². The standard InChI is InChI=1S/C14H25N3O/c1-6-7-8-11(2)16-12-13(18)17(10-9-15-12)14(3,4)5/h9-11H,6-8H2,1-5H3,(H,15,16). The molecule has 1 heterocycles. The second kappa shape index (κ2) is 6.03. The van der Waals surface area contributed by atoms with E-state index in [9.17, 15) is 4.79 Å². The lowest BCUT2D eigenvalue weighted by molar-refractivity contribution is 0.383. The maximum absolute atomic E-state index is 12.3. The molecule has 0 aliphatic rings. The van der Waals surface area contributed by atoms with Gasteiger partial charge in [0.15, 0.2) is 5.82 Å². The van der Waals surface area contributed by atoms with Crippen molar-refractivity contribution in [2.75, 3.05) is 5.32 Å². The van der Waals surface area contributed by atoms with Gasteiger partial charge in [0, 0.05) is 24.0 Å². The van der Waals surface area contributed by atoms with Crippen molar-refractivity contribution < 1.29 is 0 Å². The van der Waals surface area contributed by atoms with Gasteiger partial charge in [-0.15, -0.1) is 0 Å². The lowest BCUT2D eigenvalue weighted by atomic mass is 10.1. The second-order valence-corrected chi connectivity index (χ2v) is 5.81. The molecule has 0 radical (unpaired) electrons. The first-order valence-electron chi connectivity index (χ1n) is 6.71. The molecule has 4 nitrogen and oxygen atoms in total. The quantitative estimate of drug-likeness (QED) is 0.875. The molecule has 0 saturated heterocycles. The van der Waals surface area contributed by atoms with Gasteiger partial charge in [0.1, 0.15) is 0 Å². The molecule has 0 aliphatic carbocycles. The molecule has 1 aromatic rings. The van der Waals surface area contributed by atoms with Crippen LogP contribution in [0.25, 0.3) is 0 Å². The minimum Gasteiger partial charge on any atom is -0.363 e. The van der Waals surface area contributed by atoms with Crippen molar-refractivity contribution in [2.45, 2.75) is 65.5 Å². The van der Waals surface area contributed by atoms with Crippen molar-refractivity contribution in [2.24, 2.45) is 0 Å². The maximum atomic E-state index is 12.3. The molecular weight excluding hydrogens is 226 g/mol. The molecule has 1 aromatic heterocycles. The molecule has 1 atom stereocenters. The summed E-state index contributed by atoms with van der Waals surface area (Å²) in [5.74, 6) is 0.455. The zero-order valence-electron chi connectivity index (χ0n) is 12.2. The number of hydrogen-bond donors (Lipinski definition) is 1. The van der Waals surface area contributed by atoms with Crippen LogP contribution >= 0.6 is 0 Å². The Morgan fingerprint density at radius 1 is 1.44 bits per heavy atom. The van der Waals surface area contributed by atoms with E-state index in [4.69, 9.17) is 0 Å². The van der Waals surface area contributed by atoms with Gasteiger partial charge in [-0.05, 0) is 34.1 Å². The Bertz CT molecular complexity index is 431. The molecule has 0 fully saturated rings. The van der Waals surface area contributed by atoms with Gasteiger partial charge < -0.3 is 9.88 Å². The average molecular weight is 251 g/mol. The summed E-state index contributed by atoms with van der Waals surface area (Å²) in [7, 11) is 0. The van der Waals surface area contributed by atoms with E-state index in [-0.39, 0.29) is 17.1 Å². The molecule has 1 rings (SSSR count). The SMILES string of the molecule is CCCCC(C)Nc1nccn(C(C)(C)C)c1=O. The maximum Gasteiger partial charge on any atom is 0.293 e. The highest BCUT2D eigenvalue weighted by Gasteiger charge is 2.17. The average Bonchev–Trinajstić information content (AvgIpc) is 2.27. The van der Waals surface area contributed by atoms with Crippen LogP contribution in [0.5, 0.6) is 0 Å². The van der Waals surface area contributed by atoms with Crippen LogP contribution in [0, 0.1) is 0 Å². The number of aromatic nitrogens is 2. The van der Waals surface area contributed by atoms with E-state index in [2.05, 4.69) is 24.1 Å².